The third-order valence-corrected chi connectivity index (χ3v) is 7.32. The summed E-state index contributed by atoms with van der Waals surface area (Å²) in [5, 5.41) is 20.5. The molecule has 0 aliphatic carbocycles. The first-order chi connectivity index (χ1) is 17.8. The zero-order valence-corrected chi connectivity index (χ0v) is 22.0. The number of ether oxygens (including phenoxy) is 1. The maximum atomic E-state index is 14.8. The minimum Gasteiger partial charge on any atom is -0.371 e. The van der Waals surface area contributed by atoms with Crippen molar-refractivity contribution in [1.82, 2.24) is 15.6 Å². The lowest BCUT2D eigenvalue weighted by molar-refractivity contribution is -0.148. The van der Waals surface area contributed by atoms with Crippen molar-refractivity contribution in [3.8, 4) is 6.19 Å². The van der Waals surface area contributed by atoms with Gasteiger partial charge in [-0.05, 0) is 42.5 Å². The maximum Gasteiger partial charge on any atom is 0.273 e. The maximum absolute atomic E-state index is 14.8. The number of nitrogens with one attached hydrogen (secondary N) is 2. The molecule has 0 fully saturated rings. The first-order valence-corrected chi connectivity index (χ1v) is 12.6. The second-order valence-electron chi connectivity index (χ2n) is 8.67. The second kappa shape index (κ2) is 12.7. The number of nitrogens with zero attached hydrogens (tertiary/aromatic N) is 4. The molecule has 11 heteroatoms. The Balaban J connectivity index is 2.06. The number of amides is 1. The fraction of sp³-hybridized carbons (Fsp3) is 0.385. The van der Waals surface area contributed by atoms with Gasteiger partial charge in [0.25, 0.3) is 5.91 Å². The molecule has 1 aliphatic rings. The largest absolute Gasteiger partial charge is 0.371 e. The number of carbonyl (C=O) groups excluding carboxylic acids is 1. The minimum atomic E-state index is -1.05. The van der Waals surface area contributed by atoms with E-state index in [-0.39, 0.29) is 22.4 Å². The highest BCUT2D eigenvalue weighted by Crippen LogP contribution is 2.51. The molecule has 2 unspecified atom stereocenters. The average molecular weight is 529 g/mol. The van der Waals surface area contributed by atoms with Crippen LogP contribution in [-0.4, -0.2) is 48.7 Å². The Labute approximate surface area is 219 Å². The zero-order chi connectivity index (χ0) is 27.0. The Hall–Kier alpha value is -3.49. The molecule has 0 bridgehead atoms. The Morgan fingerprint density at radius 2 is 2.00 bits per heavy atom. The standard InChI is InChI=1S/C26H30F2N6O2S/c1-17(2)22(36-4)24(35)34-26(18-9-6-5-7-10-18,13-8-14-31-25(30-3)32-16-29)37-23(33-34)20-15-19(27)11-12-21(20)28/h5-7,9-12,15,17,22H,8,13-14H2,1-4H3,(H2,30,31,32). The van der Waals surface area contributed by atoms with Crippen LogP contribution < -0.4 is 10.6 Å². The van der Waals surface area contributed by atoms with E-state index >= 15 is 0 Å². The number of thioether (sulfide) groups is 1. The summed E-state index contributed by atoms with van der Waals surface area (Å²) in [7, 11) is 3.01. The summed E-state index contributed by atoms with van der Waals surface area (Å²) >= 11 is 1.20. The van der Waals surface area contributed by atoms with Crippen molar-refractivity contribution >= 4 is 28.7 Å². The van der Waals surface area contributed by atoms with Crippen LogP contribution in [0.25, 0.3) is 0 Å². The van der Waals surface area contributed by atoms with Gasteiger partial charge >= 0.3 is 0 Å². The number of hydrogen-bond donors (Lipinski definition) is 2. The first kappa shape index (κ1) is 28.1. The van der Waals surface area contributed by atoms with E-state index in [4.69, 9.17) is 10.00 Å². The van der Waals surface area contributed by atoms with Gasteiger partial charge in [-0.3, -0.25) is 15.1 Å². The van der Waals surface area contributed by atoms with Crippen molar-refractivity contribution in [3.05, 3.63) is 71.3 Å². The van der Waals surface area contributed by atoms with Crippen LogP contribution in [0.4, 0.5) is 8.78 Å². The van der Waals surface area contributed by atoms with Crippen LogP contribution >= 0.6 is 11.8 Å². The number of halogens is 2. The molecule has 2 aromatic rings. The lowest BCUT2D eigenvalue weighted by Gasteiger charge is -2.38. The lowest BCUT2D eigenvalue weighted by Crippen LogP contribution is -2.48. The number of hydrazone groups is 1. The fourth-order valence-corrected chi connectivity index (χ4v) is 5.55. The third kappa shape index (κ3) is 6.26. The molecule has 8 nitrogen and oxygen atoms in total. The lowest BCUT2D eigenvalue weighted by atomic mass is 9.98. The molecule has 0 aromatic heterocycles. The van der Waals surface area contributed by atoms with E-state index in [1.807, 2.05) is 50.4 Å². The monoisotopic (exact) mass is 528 g/mol. The van der Waals surface area contributed by atoms with Gasteiger partial charge in [-0.15, -0.1) is 0 Å². The van der Waals surface area contributed by atoms with Crippen molar-refractivity contribution < 1.29 is 18.3 Å². The summed E-state index contributed by atoms with van der Waals surface area (Å²) in [5.41, 5.74) is 0.762. The van der Waals surface area contributed by atoms with Gasteiger partial charge in [-0.2, -0.15) is 10.4 Å². The summed E-state index contributed by atoms with van der Waals surface area (Å²) in [6.07, 6.45) is 1.97. The van der Waals surface area contributed by atoms with E-state index < -0.39 is 22.6 Å². The Morgan fingerprint density at radius 1 is 1.27 bits per heavy atom. The first-order valence-electron chi connectivity index (χ1n) is 11.8. The molecule has 2 aromatic carbocycles. The number of hydrogen-bond acceptors (Lipinski definition) is 6. The summed E-state index contributed by atoms with van der Waals surface area (Å²) in [4.78, 5) is 16.8. The molecule has 2 N–H and O–H groups in total. The van der Waals surface area contributed by atoms with E-state index in [2.05, 4.69) is 20.7 Å². The molecule has 2 atom stereocenters. The highest BCUT2D eigenvalue weighted by Gasteiger charge is 2.50. The number of nitriles is 1. The molecule has 0 saturated carbocycles. The molecule has 1 aliphatic heterocycles. The van der Waals surface area contributed by atoms with Crippen LogP contribution in [0.1, 0.15) is 37.8 Å². The van der Waals surface area contributed by atoms with Gasteiger partial charge in [0.1, 0.15) is 27.7 Å². The van der Waals surface area contributed by atoms with Crippen molar-refractivity contribution in [1.29, 1.82) is 5.26 Å². The SMILES string of the molecule is CN=C(NC#N)NCCCC1(c2ccccc2)SC(c2cc(F)ccc2F)=NN1C(=O)C(OC)C(C)C. The van der Waals surface area contributed by atoms with Crippen LogP contribution in [0, 0.1) is 29.0 Å². The predicted octanol–water partition coefficient (Wildman–Crippen LogP) is 4.15. The summed E-state index contributed by atoms with van der Waals surface area (Å²) in [6.45, 7) is 4.17. The summed E-state index contributed by atoms with van der Waals surface area (Å²) in [6, 6.07) is 12.5. The van der Waals surface area contributed by atoms with Gasteiger partial charge in [-0.25, -0.2) is 13.8 Å². The smallest absolute Gasteiger partial charge is 0.273 e. The molecular formula is C26H30F2N6O2S. The summed E-state index contributed by atoms with van der Waals surface area (Å²) < 4.78 is 34.4. The van der Waals surface area contributed by atoms with E-state index in [1.165, 1.54) is 23.9 Å². The van der Waals surface area contributed by atoms with Crippen LogP contribution in [-0.2, 0) is 14.4 Å². The number of carbonyl (C=O) groups is 1. The molecule has 1 heterocycles. The van der Waals surface area contributed by atoms with Crippen molar-refractivity contribution in [2.45, 2.75) is 37.7 Å². The van der Waals surface area contributed by atoms with Gasteiger partial charge in [-0.1, -0.05) is 55.9 Å². The number of benzene rings is 2. The third-order valence-electron chi connectivity index (χ3n) is 5.88. The molecule has 3 rings (SSSR count). The van der Waals surface area contributed by atoms with Crippen molar-refractivity contribution in [3.63, 3.8) is 0 Å². The molecular weight excluding hydrogens is 498 g/mol. The highest BCUT2D eigenvalue weighted by molar-refractivity contribution is 8.15. The van der Waals surface area contributed by atoms with Crippen LogP contribution in [0.5, 0.6) is 0 Å². The molecule has 1 amide bonds. The fourth-order valence-electron chi connectivity index (χ4n) is 4.12. The van der Waals surface area contributed by atoms with Crippen LogP contribution in [0.2, 0.25) is 0 Å². The number of methoxy groups -OCH3 is 1. The summed E-state index contributed by atoms with van der Waals surface area (Å²) in [5.74, 6) is -1.45. The zero-order valence-electron chi connectivity index (χ0n) is 21.2. The second-order valence-corrected chi connectivity index (χ2v) is 9.94. The quantitative estimate of drug-likeness (QED) is 0.167. The van der Waals surface area contributed by atoms with E-state index in [1.54, 1.807) is 7.05 Å². The topological polar surface area (TPSA) is 102 Å². The van der Waals surface area contributed by atoms with Gasteiger partial charge in [0.2, 0.25) is 5.96 Å². The molecule has 0 radical (unpaired) electrons. The predicted molar refractivity (Wildman–Crippen MR) is 140 cm³/mol. The molecule has 0 spiro atoms. The van der Waals surface area contributed by atoms with E-state index in [0.29, 0.717) is 25.3 Å². The number of rotatable bonds is 9. The molecule has 196 valence electrons. The van der Waals surface area contributed by atoms with E-state index in [0.717, 1.165) is 23.8 Å². The average Bonchev–Trinajstić information content (AvgIpc) is 3.28. The van der Waals surface area contributed by atoms with Crippen LogP contribution in [0.3, 0.4) is 0 Å². The molecule has 37 heavy (non-hydrogen) atoms. The minimum absolute atomic E-state index is 0.0177. The van der Waals surface area contributed by atoms with Gasteiger partial charge in [0.15, 0.2) is 6.19 Å². The number of guanidine groups is 1. The van der Waals surface area contributed by atoms with Crippen LogP contribution in [0.15, 0.2) is 58.6 Å². The van der Waals surface area contributed by atoms with Gasteiger partial charge < -0.3 is 10.1 Å². The molecule has 0 saturated heterocycles. The Kier molecular flexibility index (Phi) is 9.60. The van der Waals surface area contributed by atoms with Gasteiger partial charge in [0, 0.05) is 26.3 Å². The van der Waals surface area contributed by atoms with Crippen molar-refractivity contribution in [2.75, 3.05) is 20.7 Å². The Bertz CT molecular complexity index is 1200. The van der Waals surface area contributed by atoms with Gasteiger partial charge in [0.05, 0.1) is 0 Å². The van der Waals surface area contributed by atoms with Crippen molar-refractivity contribution in [2.24, 2.45) is 16.0 Å². The normalized spacial score (nSPS) is 18.4. The van der Waals surface area contributed by atoms with E-state index in [9.17, 15) is 13.6 Å². The number of aliphatic imine (C=N–C) groups is 1. The highest BCUT2D eigenvalue weighted by atomic mass is 32.2. The Morgan fingerprint density at radius 3 is 2.62 bits per heavy atom.